The van der Waals surface area contributed by atoms with Gasteiger partial charge in [-0.1, -0.05) is 54.4 Å². The lowest BCUT2D eigenvalue weighted by atomic mass is 9.50. The minimum Gasteiger partial charge on any atom is -0.477 e. The number of halogens is 4. The Morgan fingerprint density at radius 3 is 1.11 bits per heavy atom. The highest BCUT2D eigenvalue weighted by atomic mass is 19.3. The molecule has 16 aliphatic carbocycles. The van der Waals surface area contributed by atoms with Crippen molar-refractivity contribution in [3.05, 3.63) is 36.5 Å². The van der Waals surface area contributed by atoms with Crippen LogP contribution >= 0.6 is 0 Å². The fraction of sp³-hybridized carbons (Fsp3) is 0.829. The Hall–Kier alpha value is -5.38. The third-order valence-corrected chi connectivity index (χ3v) is 26.8. The first kappa shape index (κ1) is 85.9. The summed E-state index contributed by atoms with van der Waals surface area (Å²) in [5, 5.41) is 37.6. The molecule has 0 spiro atoms. The number of ether oxygens (including phenoxy) is 6. The van der Waals surface area contributed by atoms with Crippen LogP contribution in [0.1, 0.15) is 278 Å². The van der Waals surface area contributed by atoms with Gasteiger partial charge in [0.05, 0.1) is 27.4 Å². The molecule has 0 radical (unpaired) electrons. The summed E-state index contributed by atoms with van der Waals surface area (Å²) in [6, 6.07) is 0. The third kappa shape index (κ3) is 19.4. The summed E-state index contributed by atoms with van der Waals surface area (Å²) in [6.07, 6.45) is 21.2. The maximum atomic E-state index is 13.2. The zero-order valence-corrected chi connectivity index (χ0v) is 65.3. The molecule has 0 amide bonds. The number of hydrogen-bond acceptors (Lipinski definition) is 16. The van der Waals surface area contributed by atoms with Gasteiger partial charge in [0.2, 0.25) is 0 Å². The molecular weight excluding hydrogens is 1350 g/mol. The van der Waals surface area contributed by atoms with Gasteiger partial charge in [0.25, 0.3) is 0 Å². The SMILES string of the molecule is C=C(C)C(=O)OC(CC)C(F)(F)C(=O)O.C=C(C)C(=O)OC1(C)C2CC3CC(C2)CC1C3.C=C(C)C(=O)OC12CC3CC(CC(O)(C3)C1)C2.CCC(C)(C)C(=O)OC1(C)C2CC3CC(C2)CC1C3.CCC(C)(C)C(=O)OC1C2CC3CC1CC(O)(C3)C2.CCC(OC(=O)C(C)(C)CC)C(F)(F)C(=O)O. The Labute approximate surface area is 615 Å². The number of carboxylic acids is 2. The molecule has 18 nitrogen and oxygen atoms in total. The van der Waals surface area contributed by atoms with Crippen LogP contribution in [0, 0.1) is 93.2 Å². The molecular formula is C82H126F4O18. The van der Waals surface area contributed by atoms with E-state index in [1.807, 2.05) is 34.6 Å². The minimum absolute atomic E-state index is 0.0185. The highest BCUT2D eigenvalue weighted by Gasteiger charge is 2.62. The summed E-state index contributed by atoms with van der Waals surface area (Å²) < 4.78 is 84.7. The summed E-state index contributed by atoms with van der Waals surface area (Å²) in [5.41, 5.74) is -2.48. The van der Waals surface area contributed by atoms with Gasteiger partial charge in [-0.25, -0.2) is 24.0 Å². The number of hydrogen-bond donors (Lipinski definition) is 4. The van der Waals surface area contributed by atoms with Gasteiger partial charge in [0.1, 0.15) is 22.9 Å². The molecule has 4 N–H and O–H groups in total. The van der Waals surface area contributed by atoms with Gasteiger partial charge in [-0.05, 0) is 314 Å². The predicted molar refractivity (Wildman–Crippen MR) is 382 cm³/mol. The number of alkyl halides is 4. The Kier molecular flexibility index (Phi) is 26.8. The van der Waals surface area contributed by atoms with E-state index in [9.17, 15) is 66.1 Å². The van der Waals surface area contributed by atoms with Crippen molar-refractivity contribution in [1.82, 2.24) is 0 Å². The lowest BCUT2D eigenvalue weighted by Gasteiger charge is -2.59. The van der Waals surface area contributed by atoms with Crippen molar-refractivity contribution in [3.63, 3.8) is 0 Å². The largest absolute Gasteiger partial charge is 0.477 e. The minimum atomic E-state index is -4.08. The Balaban J connectivity index is 0.000000175. The standard InChI is InChI=1S/C17H28O2.C16H26O3.C15H22O2.C14H20O3.C11H18F2O4.C9H12F2O4/c1-5-16(2,3)15(18)19-17(4)13-7-11-6-12(9-13)10-14(17)8-11;1-4-15(2,3)14(17)19-13-11-5-10-6-12(13)9-16(18,7-10)8-11;1-9(2)14(16)17-15(3)12-5-10-4-11(7-12)8-13(15)6-10;1-9(2)12(15)17-14-6-10-3-11(7-14)5-13(16,4-10)8-14;1-5-7(11(12,13)8(14)15)17-9(16)10(3,4)6-2;1-4-6(9(10,11)8(13)14)15-7(12)5(2)3/h11-14H,5-10H2,1-4H3;10-13,18H,4-9H2,1-3H3;10-13H,1,4-8H2,2-3H3;10-11,16H,1,3-8H2,2H3;7H,5-6H2,1-4H3,(H,14,15);6H,2,4H2,1,3H3,(H,13,14). The molecule has 16 aliphatic rings. The van der Waals surface area contributed by atoms with E-state index in [0.29, 0.717) is 77.2 Å². The van der Waals surface area contributed by atoms with Crippen LogP contribution in [-0.2, 0) is 66.8 Å². The molecule has 0 saturated heterocycles. The molecule has 104 heavy (non-hydrogen) atoms. The van der Waals surface area contributed by atoms with Crippen molar-refractivity contribution in [2.24, 2.45) is 93.2 Å². The molecule has 6 unspecified atom stereocenters. The van der Waals surface area contributed by atoms with E-state index < -0.39 is 70.1 Å². The average Bonchev–Trinajstić information content (AvgIpc) is 0.746. The Morgan fingerprint density at radius 1 is 0.423 bits per heavy atom. The van der Waals surface area contributed by atoms with Gasteiger partial charge in [-0.3, -0.25) is 14.4 Å². The maximum Gasteiger partial charge on any atom is 0.378 e. The summed E-state index contributed by atoms with van der Waals surface area (Å²) in [7, 11) is 0. The fourth-order valence-corrected chi connectivity index (χ4v) is 20.2. The number of carboxylic acid groups (broad SMARTS) is 2. The smallest absolute Gasteiger partial charge is 0.378 e. The van der Waals surface area contributed by atoms with E-state index in [4.69, 9.17) is 29.2 Å². The van der Waals surface area contributed by atoms with Crippen LogP contribution in [-0.4, -0.2) is 126 Å². The number of carbonyl (C=O) groups is 8. The number of aliphatic carboxylic acids is 2. The van der Waals surface area contributed by atoms with E-state index in [2.05, 4.69) is 50.0 Å². The van der Waals surface area contributed by atoms with E-state index in [1.165, 1.54) is 91.4 Å². The lowest BCUT2D eigenvalue weighted by Crippen LogP contribution is -2.60. The van der Waals surface area contributed by atoms with E-state index in [1.54, 1.807) is 34.6 Å². The molecule has 590 valence electrons. The van der Waals surface area contributed by atoms with Gasteiger partial charge in [-0.2, -0.15) is 17.6 Å². The van der Waals surface area contributed by atoms with Crippen LogP contribution in [0.15, 0.2) is 36.5 Å². The van der Waals surface area contributed by atoms with E-state index >= 15 is 0 Å². The van der Waals surface area contributed by atoms with Crippen molar-refractivity contribution >= 4 is 47.8 Å². The van der Waals surface area contributed by atoms with Gasteiger partial charge in [0.15, 0.2) is 12.2 Å². The zero-order valence-electron chi connectivity index (χ0n) is 65.3. The Bertz CT molecular complexity index is 3100. The van der Waals surface area contributed by atoms with Gasteiger partial charge < -0.3 is 48.8 Å². The first-order valence-electron chi connectivity index (χ1n) is 38.9. The molecule has 6 atom stereocenters. The maximum absolute atomic E-state index is 13.2. The van der Waals surface area contributed by atoms with Crippen molar-refractivity contribution in [2.45, 2.75) is 336 Å². The van der Waals surface area contributed by atoms with Crippen LogP contribution in [0.3, 0.4) is 0 Å². The van der Waals surface area contributed by atoms with Gasteiger partial charge in [0, 0.05) is 23.1 Å². The Morgan fingerprint density at radius 2 is 0.760 bits per heavy atom. The number of carbonyl (C=O) groups excluding carboxylic acids is 6. The number of esters is 6. The first-order valence-corrected chi connectivity index (χ1v) is 38.9. The van der Waals surface area contributed by atoms with Crippen molar-refractivity contribution in [2.75, 3.05) is 0 Å². The second kappa shape index (κ2) is 32.4. The van der Waals surface area contributed by atoms with Gasteiger partial charge >= 0.3 is 59.6 Å². The monoisotopic (exact) mass is 1470 g/mol. The molecule has 0 heterocycles. The van der Waals surface area contributed by atoms with Crippen LogP contribution < -0.4 is 0 Å². The molecule has 0 aromatic rings. The summed E-state index contributed by atoms with van der Waals surface area (Å²) in [5.74, 6) is -6.45. The quantitative estimate of drug-likeness (QED) is 0.0360. The predicted octanol–water partition coefficient (Wildman–Crippen LogP) is 16.7. The molecule has 16 rings (SSSR count). The van der Waals surface area contributed by atoms with Crippen LogP contribution in [0.5, 0.6) is 0 Å². The summed E-state index contributed by atoms with van der Waals surface area (Å²) in [4.78, 5) is 91.4. The molecule has 16 saturated carbocycles. The molecule has 16 bridgehead atoms. The normalized spacial score (nSPS) is 35.8. The first-order chi connectivity index (χ1) is 47.9. The average molecular weight is 1480 g/mol. The highest BCUT2D eigenvalue weighted by Crippen LogP contribution is 2.63. The molecule has 16 fully saturated rings. The van der Waals surface area contributed by atoms with Crippen molar-refractivity contribution in [1.29, 1.82) is 0 Å². The van der Waals surface area contributed by atoms with Crippen LogP contribution in [0.2, 0.25) is 0 Å². The topological polar surface area (TPSA) is 273 Å². The van der Waals surface area contributed by atoms with Crippen LogP contribution in [0.25, 0.3) is 0 Å². The second-order valence-corrected chi connectivity index (χ2v) is 36.6. The van der Waals surface area contributed by atoms with E-state index in [0.717, 1.165) is 94.3 Å². The van der Waals surface area contributed by atoms with E-state index in [-0.39, 0.29) is 70.4 Å². The zero-order chi connectivity index (χ0) is 78.2. The summed E-state index contributed by atoms with van der Waals surface area (Å²) >= 11 is 0. The van der Waals surface area contributed by atoms with Gasteiger partial charge in [-0.15, -0.1) is 0 Å². The third-order valence-electron chi connectivity index (χ3n) is 26.8. The molecule has 0 aromatic carbocycles. The second-order valence-electron chi connectivity index (χ2n) is 36.6. The lowest BCUT2D eigenvalue weighted by molar-refractivity contribution is -0.217. The van der Waals surface area contributed by atoms with Crippen molar-refractivity contribution < 1.29 is 105 Å². The number of rotatable bonds is 21. The summed E-state index contributed by atoms with van der Waals surface area (Å²) in [6.45, 7) is 39.1. The fourth-order valence-electron chi connectivity index (χ4n) is 20.2. The van der Waals surface area contributed by atoms with Crippen molar-refractivity contribution in [3.8, 4) is 0 Å². The molecule has 0 aromatic heterocycles. The molecule has 22 heteroatoms. The number of aliphatic hydroxyl groups is 2. The van der Waals surface area contributed by atoms with Crippen LogP contribution in [0.4, 0.5) is 17.6 Å². The molecule has 0 aliphatic heterocycles. The highest BCUT2D eigenvalue weighted by molar-refractivity contribution is 5.88.